The van der Waals surface area contributed by atoms with Crippen LogP contribution in [0, 0.1) is 0 Å². The third-order valence-corrected chi connectivity index (χ3v) is 5.80. The molecule has 5 nitrogen and oxygen atoms in total. The minimum atomic E-state index is -3.80. The maximum absolute atomic E-state index is 12.8. The van der Waals surface area contributed by atoms with E-state index in [0.29, 0.717) is 23.7 Å². The number of carbonyl (C=O) groups is 1. The summed E-state index contributed by atoms with van der Waals surface area (Å²) >= 11 is 5.81. The van der Waals surface area contributed by atoms with Gasteiger partial charge in [0.15, 0.2) is 0 Å². The highest BCUT2D eigenvalue weighted by Crippen LogP contribution is 2.23. The topological polar surface area (TPSA) is 66.5 Å². The van der Waals surface area contributed by atoms with Crippen molar-refractivity contribution in [2.45, 2.75) is 24.2 Å². The summed E-state index contributed by atoms with van der Waals surface area (Å²) in [6.45, 7) is 1.41. The SMILES string of the molecule is O=C(c1ccccc1NS(=O)(=O)c1ccc(Cl)cc1)N1CCCCC1. The number of hydrogen-bond acceptors (Lipinski definition) is 3. The van der Waals surface area contributed by atoms with Gasteiger partial charge in [0.1, 0.15) is 0 Å². The van der Waals surface area contributed by atoms with Gasteiger partial charge >= 0.3 is 0 Å². The molecule has 1 aliphatic rings. The number of piperidine rings is 1. The normalized spacial score (nSPS) is 15.0. The van der Waals surface area contributed by atoms with Crippen molar-refractivity contribution in [1.29, 1.82) is 0 Å². The number of amides is 1. The van der Waals surface area contributed by atoms with Crippen LogP contribution in [-0.2, 0) is 10.0 Å². The van der Waals surface area contributed by atoms with Crippen LogP contribution in [0.5, 0.6) is 0 Å². The molecule has 25 heavy (non-hydrogen) atoms. The zero-order chi connectivity index (χ0) is 17.9. The van der Waals surface area contributed by atoms with Crippen LogP contribution in [-0.4, -0.2) is 32.3 Å². The first kappa shape index (κ1) is 17.8. The van der Waals surface area contributed by atoms with Crippen molar-refractivity contribution in [2.75, 3.05) is 17.8 Å². The van der Waals surface area contributed by atoms with E-state index < -0.39 is 10.0 Å². The highest BCUT2D eigenvalue weighted by molar-refractivity contribution is 7.92. The Kier molecular flexibility index (Phi) is 5.30. The summed E-state index contributed by atoms with van der Waals surface area (Å²) in [5.74, 6) is -0.144. The molecular weight excluding hydrogens is 360 g/mol. The van der Waals surface area contributed by atoms with Gasteiger partial charge in [0.25, 0.3) is 15.9 Å². The number of rotatable bonds is 4. The Morgan fingerprint density at radius 2 is 1.60 bits per heavy atom. The fourth-order valence-electron chi connectivity index (χ4n) is 2.84. The fourth-order valence-corrected chi connectivity index (χ4v) is 4.05. The van der Waals surface area contributed by atoms with E-state index in [4.69, 9.17) is 11.6 Å². The highest BCUT2D eigenvalue weighted by Gasteiger charge is 2.23. The van der Waals surface area contributed by atoms with Crippen molar-refractivity contribution in [3.05, 3.63) is 59.1 Å². The molecule has 0 aliphatic carbocycles. The van der Waals surface area contributed by atoms with E-state index in [1.165, 1.54) is 24.3 Å². The predicted molar refractivity (Wildman–Crippen MR) is 98.5 cm³/mol. The molecule has 1 saturated heterocycles. The molecule has 2 aromatic carbocycles. The van der Waals surface area contributed by atoms with Crippen LogP contribution in [0.15, 0.2) is 53.4 Å². The van der Waals surface area contributed by atoms with Crippen LogP contribution in [0.4, 0.5) is 5.69 Å². The van der Waals surface area contributed by atoms with Crippen LogP contribution in [0.1, 0.15) is 29.6 Å². The number of anilines is 1. The molecule has 0 bridgehead atoms. The lowest BCUT2D eigenvalue weighted by atomic mass is 10.1. The van der Waals surface area contributed by atoms with Gasteiger partial charge in [-0.1, -0.05) is 23.7 Å². The maximum Gasteiger partial charge on any atom is 0.261 e. The van der Waals surface area contributed by atoms with Crippen molar-refractivity contribution < 1.29 is 13.2 Å². The minimum absolute atomic E-state index is 0.0946. The van der Waals surface area contributed by atoms with Crippen molar-refractivity contribution in [1.82, 2.24) is 4.90 Å². The summed E-state index contributed by atoms with van der Waals surface area (Å²) in [5.41, 5.74) is 0.648. The minimum Gasteiger partial charge on any atom is -0.339 e. The molecule has 0 spiro atoms. The number of halogens is 1. The quantitative estimate of drug-likeness (QED) is 0.880. The van der Waals surface area contributed by atoms with Crippen molar-refractivity contribution in [3.8, 4) is 0 Å². The second kappa shape index (κ2) is 7.45. The van der Waals surface area contributed by atoms with E-state index in [1.807, 2.05) is 0 Å². The summed E-state index contributed by atoms with van der Waals surface area (Å²) in [6.07, 6.45) is 3.07. The van der Waals surface area contributed by atoms with Crippen molar-refractivity contribution >= 4 is 33.2 Å². The molecule has 0 atom stereocenters. The summed E-state index contributed by atoms with van der Waals surface area (Å²) in [7, 11) is -3.80. The molecule has 1 amide bonds. The van der Waals surface area contributed by atoms with Crippen LogP contribution >= 0.6 is 11.6 Å². The molecule has 0 saturated carbocycles. The second-order valence-corrected chi connectivity index (χ2v) is 8.08. The lowest BCUT2D eigenvalue weighted by Gasteiger charge is -2.27. The average Bonchev–Trinajstić information content (AvgIpc) is 2.62. The smallest absolute Gasteiger partial charge is 0.261 e. The highest BCUT2D eigenvalue weighted by atomic mass is 35.5. The lowest BCUT2D eigenvalue weighted by molar-refractivity contribution is 0.0725. The number of para-hydroxylation sites is 1. The van der Waals surface area contributed by atoms with E-state index in [0.717, 1.165) is 19.3 Å². The maximum atomic E-state index is 12.8. The average molecular weight is 379 g/mol. The molecule has 2 aromatic rings. The zero-order valence-electron chi connectivity index (χ0n) is 13.6. The van der Waals surface area contributed by atoms with E-state index >= 15 is 0 Å². The summed E-state index contributed by atoms with van der Waals surface area (Å²) in [5, 5.41) is 0.458. The molecule has 1 heterocycles. The van der Waals surface area contributed by atoms with Crippen molar-refractivity contribution in [2.24, 2.45) is 0 Å². The number of hydrogen-bond donors (Lipinski definition) is 1. The molecule has 132 valence electrons. The van der Waals surface area contributed by atoms with Gasteiger partial charge in [-0.25, -0.2) is 8.42 Å². The number of likely N-dealkylation sites (tertiary alicyclic amines) is 1. The van der Waals surface area contributed by atoms with Gasteiger partial charge in [0.05, 0.1) is 16.1 Å². The molecule has 1 aliphatic heterocycles. The standard InChI is InChI=1S/C18H19ClN2O3S/c19-14-8-10-15(11-9-14)25(23,24)20-17-7-3-2-6-16(17)18(22)21-12-4-1-5-13-21/h2-3,6-11,20H,1,4-5,12-13H2. The monoisotopic (exact) mass is 378 g/mol. The number of nitrogens with one attached hydrogen (secondary N) is 1. The molecule has 3 rings (SSSR count). The molecule has 0 radical (unpaired) electrons. The van der Waals surface area contributed by atoms with Gasteiger partial charge < -0.3 is 4.90 Å². The van der Waals surface area contributed by atoms with Crippen LogP contribution in [0.2, 0.25) is 5.02 Å². The first-order valence-corrected chi connectivity index (χ1v) is 10.0. The molecule has 0 aromatic heterocycles. The predicted octanol–water partition coefficient (Wildman–Crippen LogP) is 3.77. The Morgan fingerprint density at radius 1 is 0.960 bits per heavy atom. The van der Waals surface area contributed by atoms with E-state index in [-0.39, 0.29) is 16.5 Å². The summed E-state index contributed by atoms with van der Waals surface area (Å²) in [4.78, 5) is 14.6. The van der Waals surface area contributed by atoms with Gasteiger partial charge in [-0.15, -0.1) is 0 Å². The Bertz CT molecular complexity index is 860. The Morgan fingerprint density at radius 3 is 2.28 bits per heavy atom. The van der Waals surface area contributed by atoms with Gasteiger partial charge in [-0.05, 0) is 55.7 Å². The van der Waals surface area contributed by atoms with Crippen LogP contribution < -0.4 is 4.72 Å². The molecule has 0 unspecified atom stereocenters. The zero-order valence-corrected chi connectivity index (χ0v) is 15.2. The molecule has 1 fully saturated rings. The summed E-state index contributed by atoms with van der Waals surface area (Å²) in [6, 6.07) is 12.6. The summed E-state index contributed by atoms with van der Waals surface area (Å²) < 4.78 is 27.7. The van der Waals surface area contributed by atoms with E-state index in [1.54, 1.807) is 29.2 Å². The van der Waals surface area contributed by atoms with Crippen LogP contribution in [0.25, 0.3) is 0 Å². The van der Waals surface area contributed by atoms with Gasteiger partial charge in [0, 0.05) is 18.1 Å². The third-order valence-electron chi connectivity index (χ3n) is 4.17. The largest absolute Gasteiger partial charge is 0.339 e. The number of nitrogens with zero attached hydrogens (tertiary/aromatic N) is 1. The Labute approximate surface area is 152 Å². The number of benzene rings is 2. The van der Waals surface area contributed by atoms with Crippen molar-refractivity contribution in [3.63, 3.8) is 0 Å². The number of carbonyl (C=O) groups excluding carboxylic acids is 1. The Hall–Kier alpha value is -2.05. The first-order valence-electron chi connectivity index (χ1n) is 8.14. The Balaban J connectivity index is 1.88. The van der Waals surface area contributed by atoms with Gasteiger partial charge in [-0.3, -0.25) is 9.52 Å². The van der Waals surface area contributed by atoms with Gasteiger partial charge in [0.2, 0.25) is 0 Å². The molecule has 7 heteroatoms. The van der Waals surface area contributed by atoms with Crippen LogP contribution in [0.3, 0.4) is 0 Å². The molecule has 1 N–H and O–H groups in total. The fraction of sp³-hybridized carbons (Fsp3) is 0.278. The molecular formula is C18H19ClN2O3S. The first-order chi connectivity index (χ1) is 12.0. The third kappa shape index (κ3) is 4.14. The second-order valence-electron chi connectivity index (χ2n) is 5.96. The van der Waals surface area contributed by atoms with E-state index in [2.05, 4.69) is 4.72 Å². The van der Waals surface area contributed by atoms with E-state index in [9.17, 15) is 13.2 Å². The van der Waals surface area contributed by atoms with Gasteiger partial charge in [-0.2, -0.15) is 0 Å². The lowest BCUT2D eigenvalue weighted by Crippen LogP contribution is -2.36. The number of sulfonamides is 1.